The summed E-state index contributed by atoms with van der Waals surface area (Å²) in [6, 6.07) is 1.96. The number of aromatic nitrogens is 1. The summed E-state index contributed by atoms with van der Waals surface area (Å²) in [5.41, 5.74) is 7.04. The average molecular weight is 254 g/mol. The molecule has 1 aliphatic heterocycles. The van der Waals surface area contributed by atoms with Gasteiger partial charge in [-0.1, -0.05) is 31.4 Å². The van der Waals surface area contributed by atoms with E-state index in [0.717, 1.165) is 24.9 Å². The SMILES string of the molecule is CCC1(c2cc(Cl)cnc2N)CCCCCN1. The Labute approximate surface area is 108 Å². The molecule has 1 saturated heterocycles. The zero-order valence-corrected chi connectivity index (χ0v) is 11.1. The molecule has 0 amide bonds. The first-order valence-corrected chi connectivity index (χ1v) is 6.72. The van der Waals surface area contributed by atoms with Crippen molar-refractivity contribution in [2.45, 2.75) is 44.6 Å². The van der Waals surface area contributed by atoms with Gasteiger partial charge in [-0.3, -0.25) is 0 Å². The van der Waals surface area contributed by atoms with Gasteiger partial charge in [0.25, 0.3) is 0 Å². The van der Waals surface area contributed by atoms with E-state index in [1.807, 2.05) is 6.07 Å². The van der Waals surface area contributed by atoms with E-state index in [2.05, 4.69) is 17.2 Å². The molecule has 2 rings (SSSR count). The predicted molar refractivity (Wildman–Crippen MR) is 72.1 cm³/mol. The number of nitrogen functional groups attached to an aromatic ring is 1. The van der Waals surface area contributed by atoms with E-state index in [1.165, 1.54) is 19.3 Å². The van der Waals surface area contributed by atoms with Gasteiger partial charge in [-0.05, 0) is 31.9 Å². The van der Waals surface area contributed by atoms with Crippen LogP contribution in [0.15, 0.2) is 12.3 Å². The quantitative estimate of drug-likeness (QED) is 0.852. The number of hydrogen-bond acceptors (Lipinski definition) is 3. The van der Waals surface area contributed by atoms with Crippen molar-refractivity contribution < 1.29 is 0 Å². The summed E-state index contributed by atoms with van der Waals surface area (Å²) in [4.78, 5) is 4.18. The Kier molecular flexibility index (Phi) is 3.89. The molecule has 1 atom stereocenters. The van der Waals surface area contributed by atoms with Gasteiger partial charge < -0.3 is 11.1 Å². The molecule has 0 saturated carbocycles. The molecule has 94 valence electrons. The van der Waals surface area contributed by atoms with Crippen LogP contribution in [0.4, 0.5) is 5.82 Å². The van der Waals surface area contributed by atoms with Gasteiger partial charge in [0.1, 0.15) is 5.82 Å². The van der Waals surface area contributed by atoms with Crippen LogP contribution in [0, 0.1) is 0 Å². The number of nitrogens with one attached hydrogen (secondary N) is 1. The lowest BCUT2D eigenvalue weighted by Gasteiger charge is -2.34. The standard InChI is InChI=1S/C13H20ClN3/c1-2-13(6-4-3-5-7-17-13)11-8-10(14)9-16-12(11)15/h8-9,17H,2-7H2,1H3,(H2,15,16). The van der Waals surface area contributed by atoms with E-state index >= 15 is 0 Å². The Morgan fingerprint density at radius 2 is 2.29 bits per heavy atom. The Morgan fingerprint density at radius 1 is 1.47 bits per heavy atom. The second-order valence-electron chi connectivity index (χ2n) is 4.76. The Bertz CT molecular complexity index is 384. The highest BCUT2D eigenvalue weighted by atomic mass is 35.5. The summed E-state index contributed by atoms with van der Waals surface area (Å²) in [7, 11) is 0. The van der Waals surface area contributed by atoms with Crippen molar-refractivity contribution in [1.82, 2.24) is 10.3 Å². The maximum atomic E-state index is 6.05. The number of hydrogen-bond donors (Lipinski definition) is 2. The number of nitrogens with zero attached hydrogens (tertiary/aromatic N) is 1. The molecule has 1 aliphatic rings. The van der Waals surface area contributed by atoms with Crippen LogP contribution in [0.2, 0.25) is 5.02 Å². The van der Waals surface area contributed by atoms with Gasteiger partial charge in [0.15, 0.2) is 0 Å². The molecule has 0 spiro atoms. The summed E-state index contributed by atoms with van der Waals surface area (Å²) in [5.74, 6) is 0.602. The largest absolute Gasteiger partial charge is 0.383 e. The van der Waals surface area contributed by atoms with Gasteiger partial charge in [0.05, 0.1) is 5.02 Å². The fourth-order valence-electron chi connectivity index (χ4n) is 2.70. The van der Waals surface area contributed by atoms with Crippen LogP contribution in [-0.2, 0) is 5.54 Å². The first-order chi connectivity index (χ1) is 8.18. The third-order valence-electron chi connectivity index (χ3n) is 3.75. The smallest absolute Gasteiger partial charge is 0.128 e. The highest BCUT2D eigenvalue weighted by molar-refractivity contribution is 6.30. The highest BCUT2D eigenvalue weighted by Crippen LogP contribution is 2.36. The molecule has 3 N–H and O–H groups in total. The fourth-order valence-corrected chi connectivity index (χ4v) is 2.86. The zero-order chi connectivity index (χ0) is 12.3. The first-order valence-electron chi connectivity index (χ1n) is 6.34. The van der Waals surface area contributed by atoms with Crippen LogP contribution in [-0.4, -0.2) is 11.5 Å². The number of rotatable bonds is 2. The van der Waals surface area contributed by atoms with Gasteiger partial charge in [0, 0.05) is 17.3 Å². The van der Waals surface area contributed by atoms with Gasteiger partial charge >= 0.3 is 0 Å². The summed E-state index contributed by atoms with van der Waals surface area (Å²) < 4.78 is 0. The van der Waals surface area contributed by atoms with E-state index in [9.17, 15) is 0 Å². The van der Waals surface area contributed by atoms with E-state index in [-0.39, 0.29) is 5.54 Å². The lowest BCUT2D eigenvalue weighted by molar-refractivity contribution is 0.313. The topological polar surface area (TPSA) is 50.9 Å². The molecule has 0 aliphatic carbocycles. The molecular weight excluding hydrogens is 234 g/mol. The molecule has 0 bridgehead atoms. The van der Waals surface area contributed by atoms with Gasteiger partial charge in [-0.25, -0.2) is 4.98 Å². The van der Waals surface area contributed by atoms with Crippen molar-refractivity contribution in [1.29, 1.82) is 0 Å². The van der Waals surface area contributed by atoms with E-state index in [4.69, 9.17) is 17.3 Å². The van der Waals surface area contributed by atoms with Crippen molar-refractivity contribution in [2.75, 3.05) is 12.3 Å². The monoisotopic (exact) mass is 253 g/mol. The van der Waals surface area contributed by atoms with Crippen LogP contribution in [0.3, 0.4) is 0 Å². The first kappa shape index (κ1) is 12.7. The molecule has 0 aromatic carbocycles. The number of anilines is 1. The fraction of sp³-hybridized carbons (Fsp3) is 0.615. The molecule has 2 heterocycles. The van der Waals surface area contributed by atoms with E-state index < -0.39 is 0 Å². The Morgan fingerprint density at radius 3 is 3.06 bits per heavy atom. The summed E-state index contributed by atoms with van der Waals surface area (Å²) in [6.45, 7) is 3.23. The zero-order valence-electron chi connectivity index (χ0n) is 10.3. The van der Waals surface area contributed by atoms with Crippen molar-refractivity contribution in [3.05, 3.63) is 22.8 Å². The van der Waals surface area contributed by atoms with Crippen LogP contribution in [0.25, 0.3) is 0 Å². The molecule has 17 heavy (non-hydrogen) atoms. The number of nitrogens with two attached hydrogens (primary N) is 1. The van der Waals surface area contributed by atoms with Crippen LogP contribution in [0.1, 0.15) is 44.6 Å². The second kappa shape index (κ2) is 5.23. The van der Waals surface area contributed by atoms with Crippen LogP contribution < -0.4 is 11.1 Å². The average Bonchev–Trinajstić information content (AvgIpc) is 2.58. The van der Waals surface area contributed by atoms with Crippen molar-refractivity contribution in [2.24, 2.45) is 0 Å². The minimum atomic E-state index is -0.0432. The molecule has 1 fully saturated rings. The maximum absolute atomic E-state index is 6.05. The number of halogens is 1. The van der Waals surface area contributed by atoms with Crippen molar-refractivity contribution >= 4 is 17.4 Å². The van der Waals surface area contributed by atoms with Gasteiger partial charge in [-0.2, -0.15) is 0 Å². The summed E-state index contributed by atoms with van der Waals surface area (Å²) >= 11 is 6.05. The normalized spacial score (nSPS) is 25.5. The number of pyridine rings is 1. The van der Waals surface area contributed by atoms with E-state index in [0.29, 0.717) is 10.8 Å². The highest BCUT2D eigenvalue weighted by Gasteiger charge is 2.33. The Balaban J connectivity index is 2.41. The van der Waals surface area contributed by atoms with Gasteiger partial charge in [-0.15, -0.1) is 0 Å². The second-order valence-corrected chi connectivity index (χ2v) is 5.20. The molecule has 1 aromatic heterocycles. The summed E-state index contributed by atoms with van der Waals surface area (Å²) in [5, 5.41) is 4.31. The lowest BCUT2D eigenvalue weighted by atomic mass is 9.83. The minimum Gasteiger partial charge on any atom is -0.383 e. The molecule has 1 aromatic rings. The molecule has 0 radical (unpaired) electrons. The minimum absolute atomic E-state index is 0.0432. The Hall–Kier alpha value is -0.800. The van der Waals surface area contributed by atoms with E-state index in [1.54, 1.807) is 6.20 Å². The lowest BCUT2D eigenvalue weighted by Crippen LogP contribution is -2.42. The third-order valence-corrected chi connectivity index (χ3v) is 3.95. The predicted octanol–water partition coefficient (Wildman–Crippen LogP) is 3.09. The van der Waals surface area contributed by atoms with Crippen LogP contribution in [0.5, 0.6) is 0 Å². The molecule has 4 heteroatoms. The molecular formula is C13H20ClN3. The summed E-state index contributed by atoms with van der Waals surface area (Å²) in [6.07, 6.45) is 7.47. The molecule has 1 unspecified atom stereocenters. The van der Waals surface area contributed by atoms with Crippen molar-refractivity contribution in [3.8, 4) is 0 Å². The maximum Gasteiger partial charge on any atom is 0.128 e. The van der Waals surface area contributed by atoms with Gasteiger partial charge in [0.2, 0.25) is 0 Å². The van der Waals surface area contributed by atoms with Crippen molar-refractivity contribution in [3.63, 3.8) is 0 Å². The van der Waals surface area contributed by atoms with Crippen LogP contribution >= 0.6 is 11.6 Å². The third kappa shape index (κ3) is 2.55. The molecule has 3 nitrogen and oxygen atoms in total.